The predicted molar refractivity (Wildman–Crippen MR) is 97.0 cm³/mol. The van der Waals surface area contributed by atoms with Crippen molar-refractivity contribution in [3.8, 4) is 0 Å². The number of aryl methyl sites for hydroxylation is 1. The maximum atomic E-state index is 12.5. The lowest BCUT2D eigenvalue weighted by Gasteiger charge is -2.15. The number of carbonyl (C=O) groups excluding carboxylic acids is 1. The SMILES string of the molecule is Cn1c(=O)c2sccc2n(CC(=O)NC2CCc3ccccc32)c1=O. The monoisotopic (exact) mass is 355 g/mol. The molecule has 3 aromatic rings. The summed E-state index contributed by atoms with van der Waals surface area (Å²) in [4.78, 5) is 37.1. The summed E-state index contributed by atoms with van der Waals surface area (Å²) in [5.41, 5.74) is 2.12. The van der Waals surface area contributed by atoms with E-state index in [4.69, 9.17) is 0 Å². The lowest BCUT2D eigenvalue weighted by molar-refractivity contribution is -0.122. The van der Waals surface area contributed by atoms with Crippen LogP contribution >= 0.6 is 11.3 Å². The zero-order valence-electron chi connectivity index (χ0n) is 13.7. The first-order valence-electron chi connectivity index (χ1n) is 8.10. The molecule has 6 nitrogen and oxygen atoms in total. The summed E-state index contributed by atoms with van der Waals surface area (Å²) in [5, 5.41) is 4.78. The number of aromatic nitrogens is 2. The summed E-state index contributed by atoms with van der Waals surface area (Å²) in [6.45, 7) is -0.0984. The fourth-order valence-electron chi connectivity index (χ4n) is 3.44. The number of nitrogens with one attached hydrogen (secondary N) is 1. The van der Waals surface area contributed by atoms with Crippen molar-refractivity contribution in [2.45, 2.75) is 25.4 Å². The van der Waals surface area contributed by atoms with E-state index in [-0.39, 0.29) is 24.1 Å². The smallest absolute Gasteiger partial charge is 0.331 e. The molecule has 25 heavy (non-hydrogen) atoms. The third-order valence-corrected chi connectivity index (χ3v) is 5.61. The third kappa shape index (κ3) is 2.60. The quantitative estimate of drug-likeness (QED) is 0.775. The van der Waals surface area contributed by atoms with E-state index in [9.17, 15) is 14.4 Å². The molecule has 1 aliphatic carbocycles. The van der Waals surface area contributed by atoms with E-state index >= 15 is 0 Å². The van der Waals surface area contributed by atoms with Gasteiger partial charge in [-0.15, -0.1) is 11.3 Å². The topological polar surface area (TPSA) is 73.1 Å². The number of amides is 1. The normalized spacial score (nSPS) is 16.1. The minimum absolute atomic E-state index is 0.0232. The number of nitrogens with zero attached hydrogens (tertiary/aromatic N) is 2. The van der Waals surface area contributed by atoms with Gasteiger partial charge in [-0.1, -0.05) is 24.3 Å². The lowest BCUT2D eigenvalue weighted by Crippen LogP contribution is -2.41. The van der Waals surface area contributed by atoms with Crippen LogP contribution in [0.1, 0.15) is 23.6 Å². The molecule has 0 saturated heterocycles. The van der Waals surface area contributed by atoms with Crippen molar-refractivity contribution >= 4 is 27.5 Å². The molecule has 1 aliphatic rings. The van der Waals surface area contributed by atoms with Crippen molar-refractivity contribution in [3.05, 3.63) is 67.7 Å². The van der Waals surface area contributed by atoms with Crippen LogP contribution in [0, 0.1) is 0 Å². The van der Waals surface area contributed by atoms with Gasteiger partial charge in [-0.2, -0.15) is 0 Å². The van der Waals surface area contributed by atoms with E-state index in [1.807, 2.05) is 18.2 Å². The Morgan fingerprint density at radius 3 is 2.92 bits per heavy atom. The van der Waals surface area contributed by atoms with Crippen LogP contribution in [0.3, 0.4) is 0 Å². The Labute approximate surface area is 147 Å². The number of benzene rings is 1. The van der Waals surface area contributed by atoms with E-state index < -0.39 is 5.69 Å². The van der Waals surface area contributed by atoms with Crippen LogP contribution < -0.4 is 16.6 Å². The van der Waals surface area contributed by atoms with E-state index in [0.717, 1.165) is 23.0 Å². The van der Waals surface area contributed by atoms with Gasteiger partial charge in [0.15, 0.2) is 0 Å². The zero-order valence-corrected chi connectivity index (χ0v) is 14.5. The number of thiophene rings is 1. The molecule has 1 amide bonds. The molecule has 7 heteroatoms. The van der Waals surface area contributed by atoms with Crippen molar-refractivity contribution in [1.29, 1.82) is 0 Å². The number of carbonyl (C=O) groups is 1. The number of fused-ring (bicyclic) bond motifs is 2. The molecular weight excluding hydrogens is 338 g/mol. The fraction of sp³-hybridized carbons (Fsp3) is 0.278. The van der Waals surface area contributed by atoms with Crippen molar-refractivity contribution in [3.63, 3.8) is 0 Å². The van der Waals surface area contributed by atoms with Crippen molar-refractivity contribution in [1.82, 2.24) is 14.5 Å². The molecule has 1 N–H and O–H groups in total. The Bertz CT molecular complexity index is 1090. The van der Waals surface area contributed by atoms with Gasteiger partial charge in [0.1, 0.15) is 11.2 Å². The molecule has 2 heterocycles. The zero-order chi connectivity index (χ0) is 17.6. The first kappa shape index (κ1) is 15.8. The highest BCUT2D eigenvalue weighted by molar-refractivity contribution is 7.17. The molecule has 0 fully saturated rings. The molecular formula is C18H17N3O3S. The second kappa shape index (κ2) is 6.00. The van der Waals surface area contributed by atoms with Gasteiger partial charge >= 0.3 is 5.69 Å². The minimum atomic E-state index is -0.474. The Morgan fingerprint density at radius 2 is 2.08 bits per heavy atom. The second-order valence-electron chi connectivity index (χ2n) is 6.23. The van der Waals surface area contributed by atoms with Gasteiger partial charge < -0.3 is 5.32 Å². The molecule has 0 saturated carbocycles. The molecule has 1 atom stereocenters. The Kier molecular flexibility index (Phi) is 3.80. The van der Waals surface area contributed by atoms with E-state index in [1.54, 1.807) is 11.4 Å². The summed E-state index contributed by atoms with van der Waals surface area (Å²) in [6.07, 6.45) is 1.80. The van der Waals surface area contributed by atoms with Gasteiger partial charge in [-0.3, -0.25) is 18.7 Å². The molecule has 128 valence electrons. The average molecular weight is 355 g/mol. The van der Waals surface area contributed by atoms with Crippen LogP contribution in [0.15, 0.2) is 45.3 Å². The maximum Gasteiger partial charge on any atom is 0.331 e. The summed E-state index contributed by atoms with van der Waals surface area (Å²) in [7, 11) is 1.44. The van der Waals surface area contributed by atoms with Crippen LogP contribution in [-0.4, -0.2) is 15.0 Å². The van der Waals surface area contributed by atoms with Crippen molar-refractivity contribution in [2.24, 2.45) is 7.05 Å². The predicted octanol–water partition coefficient (Wildman–Crippen LogP) is 1.57. The van der Waals surface area contributed by atoms with Crippen molar-refractivity contribution in [2.75, 3.05) is 0 Å². The van der Waals surface area contributed by atoms with Crippen LogP contribution in [-0.2, 0) is 24.8 Å². The molecule has 2 aromatic heterocycles. The molecule has 1 aromatic carbocycles. The van der Waals surface area contributed by atoms with Crippen LogP contribution in [0.2, 0.25) is 0 Å². The van der Waals surface area contributed by atoms with Gasteiger partial charge in [-0.25, -0.2) is 4.79 Å². The van der Waals surface area contributed by atoms with Gasteiger partial charge in [0.2, 0.25) is 5.91 Å². The van der Waals surface area contributed by atoms with Gasteiger partial charge in [0.05, 0.1) is 11.6 Å². The summed E-state index contributed by atoms with van der Waals surface area (Å²) >= 11 is 1.28. The molecule has 1 unspecified atom stereocenters. The Morgan fingerprint density at radius 1 is 1.28 bits per heavy atom. The highest BCUT2D eigenvalue weighted by atomic mass is 32.1. The van der Waals surface area contributed by atoms with Gasteiger partial charge in [0.25, 0.3) is 5.56 Å². The fourth-order valence-corrected chi connectivity index (χ4v) is 4.31. The van der Waals surface area contributed by atoms with Crippen LogP contribution in [0.5, 0.6) is 0 Å². The molecule has 4 rings (SSSR count). The summed E-state index contributed by atoms with van der Waals surface area (Å²) in [5.74, 6) is -0.227. The highest BCUT2D eigenvalue weighted by Gasteiger charge is 2.24. The van der Waals surface area contributed by atoms with Crippen LogP contribution in [0.25, 0.3) is 10.2 Å². The first-order valence-corrected chi connectivity index (χ1v) is 8.98. The Hall–Kier alpha value is -2.67. The standard InChI is InChI=1S/C18H17N3O3S/c1-20-17(23)16-14(8-9-25-16)21(18(20)24)10-15(22)19-13-7-6-11-4-2-3-5-12(11)13/h2-5,8-9,13H,6-7,10H2,1H3,(H,19,22). The molecule has 0 bridgehead atoms. The molecule has 0 aliphatic heterocycles. The number of hydrogen-bond acceptors (Lipinski definition) is 4. The summed E-state index contributed by atoms with van der Waals surface area (Å²) < 4.78 is 2.90. The van der Waals surface area contributed by atoms with Gasteiger partial charge in [0, 0.05) is 7.05 Å². The minimum Gasteiger partial charge on any atom is -0.348 e. The van der Waals surface area contributed by atoms with Crippen LogP contribution in [0.4, 0.5) is 0 Å². The largest absolute Gasteiger partial charge is 0.348 e. The lowest BCUT2D eigenvalue weighted by atomic mass is 10.1. The van der Waals surface area contributed by atoms with Gasteiger partial charge in [-0.05, 0) is 35.4 Å². The second-order valence-corrected chi connectivity index (χ2v) is 7.14. The molecule has 0 spiro atoms. The van der Waals surface area contributed by atoms with Crippen molar-refractivity contribution < 1.29 is 4.79 Å². The highest BCUT2D eigenvalue weighted by Crippen LogP contribution is 2.30. The average Bonchev–Trinajstić information content (AvgIpc) is 3.25. The maximum absolute atomic E-state index is 12.5. The summed E-state index contributed by atoms with van der Waals surface area (Å²) in [6, 6.07) is 9.76. The first-order chi connectivity index (χ1) is 12.1. The Balaban J connectivity index is 1.62. The third-order valence-electron chi connectivity index (χ3n) is 4.72. The number of hydrogen-bond donors (Lipinski definition) is 1. The van der Waals surface area contributed by atoms with E-state index in [1.165, 1.54) is 28.5 Å². The molecule has 0 radical (unpaired) electrons. The van der Waals surface area contributed by atoms with E-state index in [0.29, 0.717) is 10.2 Å². The van der Waals surface area contributed by atoms with E-state index in [2.05, 4.69) is 11.4 Å². The number of rotatable bonds is 3.